The number of amides is 2. The minimum Gasteiger partial charge on any atom is -0.489 e. The van der Waals surface area contributed by atoms with Crippen molar-refractivity contribution in [3.8, 4) is 23.7 Å². The Morgan fingerprint density at radius 2 is 1.72 bits per heavy atom. The molecule has 2 saturated carbocycles. The molecular weight excluding hydrogens is 650 g/mol. The Morgan fingerprint density at radius 3 is 2.34 bits per heavy atom. The molecule has 1 aromatic heterocycles. The van der Waals surface area contributed by atoms with Gasteiger partial charge in [0.15, 0.2) is 0 Å². The summed E-state index contributed by atoms with van der Waals surface area (Å²) in [6.07, 6.45) is 5.04. The second kappa shape index (κ2) is 12.5. The fourth-order valence-corrected chi connectivity index (χ4v) is 10.1. The van der Waals surface area contributed by atoms with Gasteiger partial charge in [0.2, 0.25) is 0 Å². The van der Waals surface area contributed by atoms with E-state index in [0.717, 1.165) is 50.9 Å². The van der Waals surface area contributed by atoms with E-state index in [2.05, 4.69) is 50.5 Å². The lowest BCUT2D eigenvalue weighted by atomic mass is 9.49. The van der Waals surface area contributed by atoms with Gasteiger partial charge in [0.1, 0.15) is 29.2 Å². The topological polar surface area (TPSA) is 99.0 Å². The van der Waals surface area contributed by atoms with Crippen LogP contribution in [0.15, 0.2) is 30.3 Å². The quantitative estimate of drug-likeness (QED) is 0.316. The Labute approximate surface area is 301 Å². The Morgan fingerprint density at radius 1 is 1.00 bits per heavy atom. The molecule has 10 heteroatoms. The second-order valence-corrected chi connectivity index (χ2v) is 17.5. The maximum atomic E-state index is 13.7. The lowest BCUT2D eigenvalue weighted by molar-refractivity contribution is -0.199. The second-order valence-electron chi connectivity index (χ2n) is 17.1. The van der Waals surface area contributed by atoms with Gasteiger partial charge in [-0.25, -0.2) is 9.78 Å². The molecule has 1 aromatic carbocycles. The summed E-state index contributed by atoms with van der Waals surface area (Å²) in [5.41, 5.74) is 1.41. The number of pyridine rings is 1. The zero-order chi connectivity index (χ0) is 35.7. The molecule has 3 aliphatic heterocycles. The smallest absolute Gasteiger partial charge is 0.410 e. The molecule has 4 fully saturated rings. The SMILES string of the molecule is CC(C)(C)OC(=O)N1CC2CC1CN2C1CCC(C#Cc2ccc3c(n2)CN([C@H]2C(C)(C)[C@H](Oc4ccc(C#N)c(Cl)c4)C2(C)C)C3=O)CC1. The first-order valence-corrected chi connectivity index (χ1v) is 18.4. The number of piperazine rings is 1. The van der Waals surface area contributed by atoms with E-state index in [9.17, 15) is 14.9 Å². The first kappa shape index (κ1) is 34.6. The number of halogens is 1. The van der Waals surface area contributed by atoms with Gasteiger partial charge in [0.05, 0.1) is 28.4 Å². The maximum absolute atomic E-state index is 13.7. The van der Waals surface area contributed by atoms with Crippen LogP contribution in [0.4, 0.5) is 4.79 Å². The van der Waals surface area contributed by atoms with E-state index < -0.39 is 5.60 Å². The Hall–Kier alpha value is -3.79. The number of nitrogens with zero attached hydrogens (tertiary/aromatic N) is 5. The van der Waals surface area contributed by atoms with Crippen LogP contribution in [0.25, 0.3) is 0 Å². The van der Waals surface area contributed by atoms with Gasteiger partial charge in [-0.2, -0.15) is 5.26 Å². The Balaban J connectivity index is 0.944. The van der Waals surface area contributed by atoms with E-state index in [-0.39, 0.29) is 41.0 Å². The predicted molar refractivity (Wildman–Crippen MR) is 191 cm³/mol. The molecule has 9 nitrogen and oxygen atoms in total. The average Bonchev–Trinajstić information content (AvgIpc) is 3.75. The van der Waals surface area contributed by atoms with Crippen LogP contribution < -0.4 is 4.74 Å². The number of nitriles is 1. The maximum Gasteiger partial charge on any atom is 0.410 e. The zero-order valence-electron chi connectivity index (χ0n) is 30.3. The molecule has 264 valence electrons. The number of aromatic nitrogens is 1. The Kier molecular flexibility index (Phi) is 8.64. The third kappa shape index (κ3) is 6.11. The monoisotopic (exact) mass is 697 g/mol. The third-order valence-electron chi connectivity index (χ3n) is 11.7. The van der Waals surface area contributed by atoms with Crippen molar-refractivity contribution in [1.82, 2.24) is 19.7 Å². The molecule has 2 saturated heterocycles. The normalized spacial score (nSPS) is 29.5. The summed E-state index contributed by atoms with van der Waals surface area (Å²) in [5.74, 6) is 7.80. The molecule has 2 atom stereocenters. The molecular formula is C40H48ClN5O4. The van der Waals surface area contributed by atoms with E-state index in [1.54, 1.807) is 18.2 Å². The van der Waals surface area contributed by atoms with Crippen molar-refractivity contribution in [3.63, 3.8) is 0 Å². The lowest BCUT2D eigenvalue weighted by Crippen LogP contribution is -2.74. The lowest BCUT2D eigenvalue weighted by Gasteiger charge is -2.65. The molecule has 2 aliphatic carbocycles. The average molecular weight is 698 g/mol. The number of carbonyl (C=O) groups is 2. The molecule has 50 heavy (non-hydrogen) atoms. The molecule has 0 radical (unpaired) electrons. The first-order valence-electron chi connectivity index (χ1n) is 18.0. The summed E-state index contributed by atoms with van der Waals surface area (Å²) in [4.78, 5) is 37.8. The zero-order valence-corrected chi connectivity index (χ0v) is 31.0. The van der Waals surface area contributed by atoms with Gasteiger partial charge in [-0.1, -0.05) is 45.2 Å². The van der Waals surface area contributed by atoms with E-state index in [1.165, 1.54) is 0 Å². The number of rotatable bonds is 4. The highest BCUT2D eigenvalue weighted by Gasteiger charge is 2.67. The van der Waals surface area contributed by atoms with Crippen molar-refractivity contribution in [2.24, 2.45) is 16.7 Å². The summed E-state index contributed by atoms with van der Waals surface area (Å²) in [6.45, 7) is 16.5. The minimum absolute atomic E-state index is 0.00109. The molecule has 2 bridgehead atoms. The van der Waals surface area contributed by atoms with E-state index in [4.69, 9.17) is 26.1 Å². The standard InChI is InChI=1S/C40H48ClN5O4/c1-38(2,3)50-37(48)45-22-28-18-29(45)21-44(28)27-14-9-24(10-15-27)8-12-26-13-17-31-33(43-26)23-46(34(31)47)35-39(4,5)36(40(35,6)7)49-30-16-11-25(20-42)32(41)19-30/h11,13,16-17,19,24,27-29,35-36H,9-10,14-15,18,21-23H2,1-7H3/t24?,27?,28?,29?,35-,36-. The fraction of sp³-hybridized carbons (Fsp3) is 0.600. The summed E-state index contributed by atoms with van der Waals surface area (Å²) in [7, 11) is 0. The number of hydrogen-bond donors (Lipinski definition) is 0. The van der Waals surface area contributed by atoms with Crippen molar-refractivity contribution in [3.05, 3.63) is 57.9 Å². The third-order valence-corrected chi connectivity index (χ3v) is 12.0. The van der Waals surface area contributed by atoms with Crippen molar-refractivity contribution in [1.29, 1.82) is 5.26 Å². The number of fused-ring (bicyclic) bond motifs is 3. The number of carbonyl (C=O) groups excluding carboxylic acids is 2. The summed E-state index contributed by atoms with van der Waals surface area (Å²) < 4.78 is 12.1. The van der Waals surface area contributed by atoms with Crippen LogP contribution in [0.1, 0.15) is 108 Å². The molecule has 5 aliphatic rings. The fourth-order valence-electron chi connectivity index (χ4n) is 9.91. The van der Waals surface area contributed by atoms with Crippen LogP contribution in [0.3, 0.4) is 0 Å². The van der Waals surface area contributed by atoms with Crippen LogP contribution >= 0.6 is 11.6 Å². The highest BCUT2D eigenvalue weighted by atomic mass is 35.5. The molecule has 2 unspecified atom stereocenters. The van der Waals surface area contributed by atoms with Gasteiger partial charge in [0, 0.05) is 60.1 Å². The number of ether oxygens (including phenoxy) is 2. The van der Waals surface area contributed by atoms with Crippen LogP contribution in [0, 0.1) is 39.9 Å². The molecule has 4 heterocycles. The van der Waals surface area contributed by atoms with Gasteiger partial charge >= 0.3 is 6.09 Å². The van der Waals surface area contributed by atoms with E-state index >= 15 is 0 Å². The van der Waals surface area contributed by atoms with Gasteiger partial charge in [0.25, 0.3) is 5.91 Å². The minimum atomic E-state index is -0.471. The van der Waals surface area contributed by atoms with Crippen LogP contribution in [-0.2, 0) is 11.3 Å². The van der Waals surface area contributed by atoms with Crippen molar-refractivity contribution < 1.29 is 19.1 Å². The van der Waals surface area contributed by atoms with E-state index in [0.29, 0.717) is 52.1 Å². The largest absolute Gasteiger partial charge is 0.489 e. The molecule has 0 N–H and O–H groups in total. The van der Waals surface area contributed by atoms with Crippen molar-refractivity contribution in [2.45, 2.75) is 123 Å². The van der Waals surface area contributed by atoms with Crippen molar-refractivity contribution >= 4 is 23.6 Å². The summed E-state index contributed by atoms with van der Waals surface area (Å²) >= 11 is 6.28. The number of benzene rings is 1. The van der Waals surface area contributed by atoms with Crippen LogP contribution in [-0.4, -0.2) is 80.6 Å². The van der Waals surface area contributed by atoms with Gasteiger partial charge in [-0.3, -0.25) is 9.69 Å². The van der Waals surface area contributed by atoms with Gasteiger partial charge in [-0.05, 0) is 83.1 Å². The number of likely N-dealkylation sites (tertiary alicyclic amines) is 2. The number of hydrogen-bond acceptors (Lipinski definition) is 7. The van der Waals surface area contributed by atoms with Gasteiger partial charge in [-0.15, -0.1) is 0 Å². The predicted octanol–water partition coefficient (Wildman–Crippen LogP) is 7.05. The molecule has 2 amide bonds. The summed E-state index contributed by atoms with van der Waals surface area (Å²) in [6, 6.07) is 12.2. The molecule has 0 spiro atoms. The van der Waals surface area contributed by atoms with Gasteiger partial charge < -0.3 is 19.3 Å². The molecule has 7 rings (SSSR count). The van der Waals surface area contributed by atoms with E-state index in [1.807, 2.05) is 42.7 Å². The Bertz CT molecular complexity index is 1790. The van der Waals surface area contributed by atoms with Crippen molar-refractivity contribution in [2.75, 3.05) is 13.1 Å². The first-order chi connectivity index (χ1) is 23.6. The van der Waals surface area contributed by atoms with Crippen LogP contribution in [0.2, 0.25) is 5.02 Å². The highest BCUT2D eigenvalue weighted by molar-refractivity contribution is 6.31. The molecule has 2 aromatic rings. The van der Waals surface area contributed by atoms with Crippen LogP contribution in [0.5, 0.6) is 5.75 Å². The highest BCUT2D eigenvalue weighted by Crippen LogP contribution is 2.59. The summed E-state index contributed by atoms with van der Waals surface area (Å²) in [5, 5.41) is 9.60.